The summed E-state index contributed by atoms with van der Waals surface area (Å²) in [5.74, 6) is 0. The summed E-state index contributed by atoms with van der Waals surface area (Å²) in [4.78, 5) is 8.50. The van der Waals surface area contributed by atoms with Gasteiger partial charge in [-0.2, -0.15) is 5.26 Å². The topological polar surface area (TPSA) is 64.4 Å². The van der Waals surface area contributed by atoms with Gasteiger partial charge < -0.3 is 15.0 Å². The Balaban J connectivity index is 1.21. The lowest BCUT2D eigenvalue weighted by Crippen LogP contribution is -2.40. The highest BCUT2D eigenvalue weighted by Gasteiger charge is 2.21. The van der Waals surface area contributed by atoms with Gasteiger partial charge in [0, 0.05) is 49.6 Å². The molecule has 190 valence electrons. The molecule has 37 heavy (non-hydrogen) atoms. The maximum absolute atomic E-state index is 9.32. The van der Waals surface area contributed by atoms with Gasteiger partial charge in [0.15, 0.2) is 0 Å². The Morgan fingerprint density at radius 1 is 1.16 bits per heavy atom. The summed E-state index contributed by atoms with van der Waals surface area (Å²) in [5, 5.41) is 16.0. The fraction of sp³-hybridized carbons (Fsp3) is 0.310. The zero-order chi connectivity index (χ0) is 25.8. The summed E-state index contributed by atoms with van der Waals surface area (Å²) < 4.78 is 5.96. The van der Waals surface area contributed by atoms with Gasteiger partial charge in [0.2, 0.25) is 0 Å². The normalized spacial score (nSPS) is 18.9. The second-order valence-electron chi connectivity index (χ2n) is 9.52. The number of pyridine rings is 1. The maximum atomic E-state index is 9.32. The van der Waals surface area contributed by atoms with Crippen molar-refractivity contribution >= 4 is 39.7 Å². The zero-order valence-electron chi connectivity index (χ0n) is 20.7. The van der Waals surface area contributed by atoms with Crippen LogP contribution in [0.2, 0.25) is 0 Å². The molecule has 1 aromatic heterocycles. The lowest BCUT2D eigenvalue weighted by atomic mass is 9.98. The third-order valence-electron chi connectivity index (χ3n) is 6.93. The average Bonchev–Trinajstić information content (AvgIpc) is 2.92. The highest BCUT2D eigenvalue weighted by atomic mass is 35.5. The van der Waals surface area contributed by atoms with Crippen LogP contribution in [-0.4, -0.2) is 59.8 Å². The van der Waals surface area contributed by atoms with Crippen LogP contribution in [0.25, 0.3) is 21.9 Å². The minimum atomic E-state index is -0.252. The SMILES string of the molecule is CN1C(Cl)=CC(COCN2CCC(Nc3cc(-c4cccc(C#N)c4)cc4ccncc34)CC2)=CC1Cl. The number of aromatic nitrogens is 1. The standard InChI is InChI=1S/C29H29Cl2N5O/c1-35-28(30)12-21(13-29(35)31)18-37-19-36-9-6-25(7-10-36)34-27-15-24(14-23-5-8-33-17-26(23)27)22-4-2-3-20(11-22)16-32/h2-5,8,11-15,17,25,28,34H,6-7,9-10,18-19H2,1H3. The highest BCUT2D eigenvalue weighted by Crippen LogP contribution is 2.32. The zero-order valence-corrected chi connectivity index (χ0v) is 22.2. The summed E-state index contributed by atoms with van der Waals surface area (Å²) in [6.45, 7) is 2.97. The Morgan fingerprint density at radius 2 is 2.00 bits per heavy atom. The third-order valence-corrected chi connectivity index (χ3v) is 7.73. The Bertz CT molecular complexity index is 1370. The predicted molar refractivity (Wildman–Crippen MR) is 150 cm³/mol. The van der Waals surface area contributed by atoms with Gasteiger partial charge in [-0.05, 0) is 77.4 Å². The first-order valence-corrected chi connectivity index (χ1v) is 13.2. The molecule has 3 heterocycles. The Morgan fingerprint density at radius 3 is 2.78 bits per heavy atom. The van der Waals surface area contributed by atoms with Crippen molar-refractivity contribution < 1.29 is 4.74 Å². The number of nitrogens with zero attached hydrogens (tertiary/aromatic N) is 4. The lowest BCUT2D eigenvalue weighted by molar-refractivity contribution is 0.0287. The highest BCUT2D eigenvalue weighted by molar-refractivity contribution is 6.30. The molecule has 2 aliphatic rings. The van der Waals surface area contributed by atoms with Gasteiger partial charge in [-0.25, -0.2) is 0 Å². The van der Waals surface area contributed by atoms with Crippen LogP contribution in [0.5, 0.6) is 0 Å². The minimum Gasteiger partial charge on any atom is -0.382 e. The Labute approximate surface area is 227 Å². The summed E-state index contributed by atoms with van der Waals surface area (Å²) in [7, 11) is 1.87. The molecule has 3 aromatic rings. The van der Waals surface area contributed by atoms with E-state index >= 15 is 0 Å². The minimum absolute atomic E-state index is 0.252. The number of nitrogens with one attached hydrogen (secondary N) is 1. The molecule has 1 fully saturated rings. The second-order valence-corrected chi connectivity index (χ2v) is 10.4. The van der Waals surface area contributed by atoms with Crippen LogP contribution in [0.1, 0.15) is 18.4 Å². The number of piperidine rings is 1. The van der Waals surface area contributed by atoms with Crippen LogP contribution in [-0.2, 0) is 4.74 Å². The molecule has 1 N–H and O–H groups in total. The molecule has 2 aliphatic heterocycles. The molecule has 0 saturated carbocycles. The smallest absolute Gasteiger partial charge is 0.123 e. The average molecular weight is 534 g/mol. The van der Waals surface area contributed by atoms with Gasteiger partial charge in [-0.3, -0.25) is 9.88 Å². The fourth-order valence-electron chi connectivity index (χ4n) is 4.77. The van der Waals surface area contributed by atoms with Crippen molar-refractivity contribution in [3.63, 3.8) is 0 Å². The molecule has 2 aromatic carbocycles. The van der Waals surface area contributed by atoms with Crippen molar-refractivity contribution in [2.75, 3.05) is 38.8 Å². The van der Waals surface area contributed by atoms with E-state index in [1.165, 1.54) is 0 Å². The van der Waals surface area contributed by atoms with Crippen LogP contribution in [0.15, 0.2) is 77.7 Å². The molecule has 1 unspecified atom stereocenters. The Kier molecular flexibility index (Phi) is 7.97. The largest absolute Gasteiger partial charge is 0.382 e. The van der Waals surface area contributed by atoms with Crippen molar-refractivity contribution in [2.45, 2.75) is 24.4 Å². The van der Waals surface area contributed by atoms with E-state index in [0.717, 1.165) is 59.1 Å². The molecule has 1 saturated heterocycles. The molecule has 5 rings (SSSR count). The van der Waals surface area contributed by atoms with Crippen molar-refractivity contribution in [2.24, 2.45) is 0 Å². The van der Waals surface area contributed by atoms with Crippen LogP contribution in [0, 0.1) is 11.3 Å². The number of nitriles is 1. The number of likely N-dealkylation sites (N-methyl/N-ethyl adjacent to an activating group) is 1. The van der Waals surface area contributed by atoms with Gasteiger partial charge in [0.05, 0.1) is 25.0 Å². The van der Waals surface area contributed by atoms with Gasteiger partial charge in [-0.1, -0.05) is 35.3 Å². The first-order chi connectivity index (χ1) is 18.0. The lowest BCUT2D eigenvalue weighted by Gasteiger charge is -2.33. The molecule has 1 atom stereocenters. The fourth-order valence-corrected chi connectivity index (χ4v) is 5.33. The number of fused-ring (bicyclic) bond motifs is 1. The third kappa shape index (κ3) is 6.08. The first-order valence-electron chi connectivity index (χ1n) is 12.4. The van der Waals surface area contributed by atoms with Crippen LogP contribution in [0.3, 0.4) is 0 Å². The van der Waals surface area contributed by atoms with Gasteiger partial charge >= 0.3 is 0 Å². The number of halogens is 2. The first kappa shape index (κ1) is 25.6. The molecule has 0 bridgehead atoms. The number of hydrogen-bond acceptors (Lipinski definition) is 6. The summed E-state index contributed by atoms with van der Waals surface area (Å²) in [6, 6.07) is 16.7. The van der Waals surface area contributed by atoms with Crippen LogP contribution >= 0.6 is 23.2 Å². The number of rotatable bonds is 7. The molecule has 6 nitrogen and oxygen atoms in total. The van der Waals surface area contributed by atoms with E-state index in [1.807, 2.05) is 66.8 Å². The number of ether oxygens (including phenoxy) is 1. The number of likely N-dealkylation sites (tertiary alicyclic amines) is 1. The maximum Gasteiger partial charge on any atom is 0.123 e. The monoisotopic (exact) mass is 533 g/mol. The van der Waals surface area contributed by atoms with E-state index < -0.39 is 0 Å². The quantitative estimate of drug-likeness (QED) is 0.290. The molecule has 0 spiro atoms. The summed E-state index contributed by atoms with van der Waals surface area (Å²) in [5.41, 5.74) is 4.60. The molecular formula is C29H29Cl2N5O. The number of alkyl halides is 1. The van der Waals surface area contributed by atoms with Gasteiger partial charge in [-0.15, -0.1) is 0 Å². The van der Waals surface area contributed by atoms with E-state index in [2.05, 4.69) is 33.4 Å². The van der Waals surface area contributed by atoms with Crippen LogP contribution in [0.4, 0.5) is 5.69 Å². The van der Waals surface area contributed by atoms with Gasteiger partial charge in [0.1, 0.15) is 10.7 Å². The van der Waals surface area contributed by atoms with Crippen molar-refractivity contribution in [1.29, 1.82) is 5.26 Å². The molecule has 8 heteroatoms. The predicted octanol–water partition coefficient (Wildman–Crippen LogP) is 6.14. The molecular weight excluding hydrogens is 505 g/mol. The number of anilines is 1. The van der Waals surface area contributed by atoms with Crippen molar-refractivity contribution in [3.8, 4) is 17.2 Å². The Hall–Kier alpha value is -3.08. The summed E-state index contributed by atoms with van der Waals surface area (Å²) in [6.07, 6.45) is 9.64. The number of benzene rings is 2. The van der Waals surface area contributed by atoms with E-state index in [-0.39, 0.29) is 5.50 Å². The second kappa shape index (κ2) is 11.5. The van der Waals surface area contributed by atoms with E-state index in [9.17, 15) is 5.26 Å². The molecule has 0 aliphatic carbocycles. The molecule has 0 radical (unpaired) electrons. The van der Waals surface area contributed by atoms with E-state index in [0.29, 0.717) is 30.1 Å². The van der Waals surface area contributed by atoms with Crippen molar-refractivity contribution in [1.82, 2.24) is 14.8 Å². The van der Waals surface area contributed by atoms with Crippen molar-refractivity contribution in [3.05, 3.63) is 83.3 Å². The van der Waals surface area contributed by atoms with E-state index in [1.54, 1.807) is 0 Å². The number of hydrogen-bond donors (Lipinski definition) is 1. The van der Waals surface area contributed by atoms with Crippen LogP contribution < -0.4 is 5.32 Å². The molecule has 0 amide bonds. The van der Waals surface area contributed by atoms with Gasteiger partial charge in [0.25, 0.3) is 0 Å². The summed E-state index contributed by atoms with van der Waals surface area (Å²) >= 11 is 12.5. The van der Waals surface area contributed by atoms with E-state index in [4.69, 9.17) is 27.9 Å².